The molecule has 0 aliphatic heterocycles. The SMILES string of the molecule is CC(C)c1ccc(F)cc1OCCOCCNC(=O)C1CCC(C)(C)CC1. The van der Waals surface area contributed by atoms with Crippen molar-refractivity contribution >= 4 is 5.91 Å². The van der Waals surface area contributed by atoms with Crippen molar-refractivity contribution in [1.82, 2.24) is 5.32 Å². The second-order valence-electron chi connectivity index (χ2n) is 8.53. The van der Waals surface area contributed by atoms with Crippen LogP contribution in [0.4, 0.5) is 4.39 Å². The van der Waals surface area contributed by atoms with E-state index in [9.17, 15) is 9.18 Å². The van der Waals surface area contributed by atoms with Crippen LogP contribution in [0.2, 0.25) is 0 Å². The molecule has 0 unspecified atom stereocenters. The van der Waals surface area contributed by atoms with Crippen molar-refractivity contribution < 1.29 is 18.7 Å². The van der Waals surface area contributed by atoms with E-state index in [-0.39, 0.29) is 23.6 Å². The Balaban J connectivity index is 1.59. The number of ether oxygens (including phenoxy) is 2. The van der Waals surface area contributed by atoms with E-state index in [1.807, 2.05) is 13.8 Å². The topological polar surface area (TPSA) is 47.6 Å². The largest absolute Gasteiger partial charge is 0.491 e. The zero-order valence-corrected chi connectivity index (χ0v) is 17.1. The fraction of sp³-hybridized carbons (Fsp3) is 0.682. The van der Waals surface area contributed by atoms with Gasteiger partial charge in [-0.2, -0.15) is 0 Å². The molecule has 0 bridgehead atoms. The van der Waals surface area contributed by atoms with Gasteiger partial charge in [0.05, 0.1) is 13.2 Å². The monoisotopic (exact) mass is 379 g/mol. The molecule has 0 radical (unpaired) electrons. The Morgan fingerprint density at radius 2 is 1.93 bits per heavy atom. The minimum Gasteiger partial charge on any atom is -0.491 e. The molecule has 1 aromatic carbocycles. The third kappa shape index (κ3) is 7.13. The highest BCUT2D eigenvalue weighted by Crippen LogP contribution is 2.37. The van der Waals surface area contributed by atoms with Gasteiger partial charge in [0.15, 0.2) is 0 Å². The number of amides is 1. The van der Waals surface area contributed by atoms with Crippen molar-refractivity contribution in [3.63, 3.8) is 0 Å². The third-order valence-electron chi connectivity index (χ3n) is 5.34. The lowest BCUT2D eigenvalue weighted by Gasteiger charge is -2.33. The lowest BCUT2D eigenvalue weighted by Crippen LogP contribution is -2.36. The summed E-state index contributed by atoms with van der Waals surface area (Å²) in [5, 5.41) is 2.97. The fourth-order valence-corrected chi connectivity index (χ4v) is 3.47. The molecule has 0 aromatic heterocycles. The van der Waals surface area contributed by atoms with Crippen LogP contribution in [0.15, 0.2) is 18.2 Å². The maximum absolute atomic E-state index is 13.4. The molecule has 1 aliphatic carbocycles. The first kappa shape index (κ1) is 21.7. The molecule has 1 fully saturated rings. The Bertz CT molecular complexity index is 606. The number of carbonyl (C=O) groups excluding carboxylic acids is 1. The highest BCUT2D eigenvalue weighted by molar-refractivity contribution is 5.78. The fourth-order valence-electron chi connectivity index (χ4n) is 3.47. The van der Waals surface area contributed by atoms with E-state index in [0.717, 1.165) is 31.2 Å². The number of hydrogen-bond acceptors (Lipinski definition) is 3. The van der Waals surface area contributed by atoms with E-state index in [0.29, 0.717) is 37.5 Å². The average molecular weight is 380 g/mol. The number of hydrogen-bond donors (Lipinski definition) is 1. The van der Waals surface area contributed by atoms with Crippen molar-refractivity contribution in [3.05, 3.63) is 29.6 Å². The first-order valence-electron chi connectivity index (χ1n) is 10.1. The second-order valence-corrected chi connectivity index (χ2v) is 8.53. The minimum atomic E-state index is -0.302. The molecule has 27 heavy (non-hydrogen) atoms. The van der Waals surface area contributed by atoms with Crippen molar-refractivity contribution in [2.45, 2.75) is 59.3 Å². The van der Waals surface area contributed by atoms with Gasteiger partial charge >= 0.3 is 0 Å². The number of carbonyl (C=O) groups is 1. The molecule has 5 heteroatoms. The van der Waals surface area contributed by atoms with Crippen LogP contribution >= 0.6 is 0 Å². The van der Waals surface area contributed by atoms with Gasteiger partial charge in [-0.05, 0) is 48.6 Å². The van der Waals surface area contributed by atoms with E-state index < -0.39 is 0 Å². The van der Waals surface area contributed by atoms with E-state index in [1.165, 1.54) is 12.1 Å². The lowest BCUT2D eigenvalue weighted by molar-refractivity contribution is -0.126. The summed E-state index contributed by atoms with van der Waals surface area (Å²) in [7, 11) is 0. The molecule has 0 atom stereocenters. The van der Waals surface area contributed by atoms with Crippen molar-refractivity contribution in [2.75, 3.05) is 26.4 Å². The van der Waals surface area contributed by atoms with Gasteiger partial charge in [-0.3, -0.25) is 4.79 Å². The van der Waals surface area contributed by atoms with Gasteiger partial charge < -0.3 is 14.8 Å². The molecule has 2 rings (SSSR count). The van der Waals surface area contributed by atoms with Crippen molar-refractivity contribution in [1.29, 1.82) is 0 Å². The maximum atomic E-state index is 13.4. The van der Waals surface area contributed by atoms with Crippen LogP contribution < -0.4 is 10.1 Å². The van der Waals surface area contributed by atoms with Gasteiger partial charge in [0.1, 0.15) is 18.2 Å². The van der Waals surface area contributed by atoms with Crippen LogP contribution in [0.1, 0.15) is 64.9 Å². The zero-order chi connectivity index (χ0) is 19.9. The maximum Gasteiger partial charge on any atom is 0.223 e. The van der Waals surface area contributed by atoms with E-state index in [4.69, 9.17) is 9.47 Å². The molecule has 4 nitrogen and oxygen atoms in total. The number of benzene rings is 1. The Hall–Kier alpha value is -1.62. The average Bonchev–Trinajstić information content (AvgIpc) is 2.60. The molecule has 0 saturated heterocycles. The van der Waals surface area contributed by atoms with E-state index in [2.05, 4.69) is 19.2 Å². The number of nitrogens with one attached hydrogen (secondary N) is 1. The van der Waals surface area contributed by atoms with Crippen LogP contribution in [0.25, 0.3) is 0 Å². The highest BCUT2D eigenvalue weighted by Gasteiger charge is 2.30. The summed E-state index contributed by atoms with van der Waals surface area (Å²) in [5.74, 6) is 0.823. The first-order chi connectivity index (χ1) is 12.8. The Labute approximate surface area is 162 Å². The smallest absolute Gasteiger partial charge is 0.223 e. The van der Waals surface area contributed by atoms with E-state index in [1.54, 1.807) is 6.07 Å². The molecule has 1 N–H and O–H groups in total. The third-order valence-corrected chi connectivity index (χ3v) is 5.34. The quantitative estimate of drug-likeness (QED) is 0.634. The normalized spacial score (nSPS) is 17.1. The summed E-state index contributed by atoms with van der Waals surface area (Å²) >= 11 is 0. The standard InChI is InChI=1S/C22H34FNO3/c1-16(2)19-6-5-18(23)15-20(19)27-14-13-26-12-11-24-21(25)17-7-9-22(3,4)10-8-17/h5-6,15-17H,7-14H2,1-4H3,(H,24,25). The molecule has 1 aliphatic rings. The second kappa shape index (κ2) is 10.1. The summed E-state index contributed by atoms with van der Waals surface area (Å²) in [6, 6.07) is 4.63. The summed E-state index contributed by atoms with van der Waals surface area (Å²) < 4.78 is 24.6. The summed E-state index contributed by atoms with van der Waals surface area (Å²) in [5.41, 5.74) is 1.36. The van der Waals surface area contributed by atoms with Crippen molar-refractivity contribution in [3.8, 4) is 5.75 Å². The summed E-state index contributed by atoms with van der Waals surface area (Å²) in [6.07, 6.45) is 4.16. The predicted octanol–water partition coefficient (Wildman–Crippen LogP) is 4.68. The first-order valence-corrected chi connectivity index (χ1v) is 10.1. The van der Waals surface area contributed by atoms with Crippen molar-refractivity contribution in [2.24, 2.45) is 11.3 Å². The van der Waals surface area contributed by atoms with Gasteiger partial charge in [0, 0.05) is 18.5 Å². The van der Waals surface area contributed by atoms with Crippen LogP contribution in [0, 0.1) is 17.2 Å². The highest BCUT2D eigenvalue weighted by atomic mass is 19.1. The number of rotatable bonds is 9. The zero-order valence-electron chi connectivity index (χ0n) is 17.1. The van der Waals surface area contributed by atoms with Gasteiger partial charge in [-0.1, -0.05) is 33.8 Å². The van der Waals surface area contributed by atoms with Gasteiger partial charge in [-0.25, -0.2) is 4.39 Å². The van der Waals surface area contributed by atoms with Gasteiger partial charge in [0.25, 0.3) is 0 Å². The molecule has 152 valence electrons. The summed E-state index contributed by atoms with van der Waals surface area (Å²) in [4.78, 5) is 12.2. The molecule has 1 saturated carbocycles. The molecule has 0 spiro atoms. The Morgan fingerprint density at radius 3 is 2.59 bits per heavy atom. The Morgan fingerprint density at radius 1 is 1.22 bits per heavy atom. The Kier molecular flexibility index (Phi) is 8.08. The molecule has 1 amide bonds. The van der Waals surface area contributed by atoms with E-state index >= 15 is 0 Å². The van der Waals surface area contributed by atoms with Crippen LogP contribution in [0.3, 0.4) is 0 Å². The summed E-state index contributed by atoms with van der Waals surface area (Å²) in [6.45, 7) is 10.4. The van der Waals surface area contributed by atoms with Crippen LogP contribution in [0.5, 0.6) is 5.75 Å². The number of halogens is 1. The molecular weight excluding hydrogens is 345 g/mol. The lowest BCUT2D eigenvalue weighted by atomic mass is 9.73. The van der Waals surface area contributed by atoms with Gasteiger partial charge in [0.2, 0.25) is 5.91 Å². The minimum absolute atomic E-state index is 0.142. The predicted molar refractivity (Wildman–Crippen MR) is 106 cm³/mol. The molecule has 1 aromatic rings. The van der Waals surface area contributed by atoms with Crippen LogP contribution in [-0.4, -0.2) is 32.3 Å². The molecular formula is C22H34FNO3. The molecule has 0 heterocycles. The van der Waals surface area contributed by atoms with Crippen LogP contribution in [-0.2, 0) is 9.53 Å². The van der Waals surface area contributed by atoms with Gasteiger partial charge in [-0.15, -0.1) is 0 Å².